The fourth-order valence-corrected chi connectivity index (χ4v) is 6.08. The number of benzene rings is 4. The van der Waals surface area contributed by atoms with E-state index < -0.39 is 0 Å². The van der Waals surface area contributed by atoms with Crippen LogP contribution in [-0.2, 0) is 5.75 Å². The first kappa shape index (κ1) is 28.5. The smallest absolute Gasteiger partial charge is 0.253 e. The predicted molar refractivity (Wildman–Crippen MR) is 169 cm³/mol. The third-order valence-corrected chi connectivity index (χ3v) is 8.58. The second-order valence-corrected chi connectivity index (χ2v) is 11.4. The van der Waals surface area contributed by atoms with Gasteiger partial charge in [-0.1, -0.05) is 65.9 Å². The van der Waals surface area contributed by atoms with Gasteiger partial charge in [-0.15, -0.1) is 10.2 Å². The standard InChI is InChI=1S/C34H32FN5O2S/c1-24-10-16-28(17-11-24)40-32(27-6-5-7-29(22-27)42-2)36-37-34(40)43-23-25-12-14-26(15-13-25)33(41)39-20-18-38(19-21-39)31-9-4-3-8-30(31)35/h3-17,22H,18-21,23H2,1-2H3. The largest absolute Gasteiger partial charge is 0.497 e. The summed E-state index contributed by atoms with van der Waals surface area (Å²) in [4.78, 5) is 17.0. The fourth-order valence-electron chi connectivity index (χ4n) is 5.17. The van der Waals surface area contributed by atoms with Gasteiger partial charge >= 0.3 is 0 Å². The molecule has 5 aromatic rings. The van der Waals surface area contributed by atoms with Crippen LogP contribution in [0.2, 0.25) is 0 Å². The minimum atomic E-state index is -0.232. The molecule has 0 aliphatic carbocycles. The van der Waals surface area contributed by atoms with Crippen molar-refractivity contribution in [2.45, 2.75) is 17.8 Å². The molecule has 0 spiro atoms. The summed E-state index contributed by atoms with van der Waals surface area (Å²) in [6.45, 7) is 4.36. The number of para-hydroxylation sites is 1. The lowest BCUT2D eigenvalue weighted by atomic mass is 10.1. The number of carbonyl (C=O) groups is 1. The Balaban J connectivity index is 1.14. The van der Waals surface area contributed by atoms with Crippen LogP contribution in [0, 0.1) is 12.7 Å². The molecular weight excluding hydrogens is 561 g/mol. The number of carbonyl (C=O) groups excluding carboxylic acids is 1. The number of rotatable bonds is 8. The summed E-state index contributed by atoms with van der Waals surface area (Å²) >= 11 is 1.59. The highest BCUT2D eigenvalue weighted by Crippen LogP contribution is 2.31. The monoisotopic (exact) mass is 593 g/mol. The van der Waals surface area contributed by atoms with Crippen molar-refractivity contribution in [3.05, 3.63) is 120 Å². The molecule has 9 heteroatoms. The highest BCUT2D eigenvalue weighted by atomic mass is 32.2. The highest BCUT2D eigenvalue weighted by molar-refractivity contribution is 7.98. The maximum atomic E-state index is 14.2. The van der Waals surface area contributed by atoms with Crippen LogP contribution in [0.4, 0.5) is 10.1 Å². The van der Waals surface area contributed by atoms with E-state index >= 15 is 0 Å². The van der Waals surface area contributed by atoms with Crippen LogP contribution in [0.3, 0.4) is 0 Å². The molecule has 7 nitrogen and oxygen atoms in total. The van der Waals surface area contributed by atoms with Crippen molar-refractivity contribution in [3.8, 4) is 22.8 Å². The number of thioether (sulfide) groups is 1. The van der Waals surface area contributed by atoms with Gasteiger partial charge in [-0.2, -0.15) is 0 Å². The minimum Gasteiger partial charge on any atom is -0.497 e. The maximum Gasteiger partial charge on any atom is 0.253 e. The number of ether oxygens (including phenoxy) is 1. The SMILES string of the molecule is COc1cccc(-c2nnc(SCc3ccc(C(=O)N4CCN(c5ccccc5F)CC4)cc3)n2-c2ccc(C)cc2)c1. The first-order valence-electron chi connectivity index (χ1n) is 14.2. The summed E-state index contributed by atoms with van der Waals surface area (Å²) in [5.41, 5.74) is 5.38. The molecule has 1 aliphatic rings. The summed E-state index contributed by atoms with van der Waals surface area (Å²) in [6.07, 6.45) is 0. The van der Waals surface area contributed by atoms with Crippen molar-refractivity contribution >= 4 is 23.4 Å². The summed E-state index contributed by atoms with van der Waals surface area (Å²) < 4.78 is 21.7. The third-order valence-electron chi connectivity index (χ3n) is 7.58. The predicted octanol–water partition coefficient (Wildman–Crippen LogP) is 6.65. The maximum absolute atomic E-state index is 14.2. The molecule has 1 aromatic heterocycles. The van der Waals surface area contributed by atoms with E-state index in [9.17, 15) is 9.18 Å². The summed E-state index contributed by atoms with van der Waals surface area (Å²) in [6, 6.07) is 30.6. The van der Waals surface area contributed by atoms with Crippen molar-refractivity contribution in [2.24, 2.45) is 0 Å². The van der Waals surface area contributed by atoms with E-state index in [-0.39, 0.29) is 11.7 Å². The molecule has 1 amide bonds. The Morgan fingerprint density at radius 1 is 0.884 bits per heavy atom. The molecule has 0 atom stereocenters. The van der Waals surface area contributed by atoms with Gasteiger partial charge in [0.15, 0.2) is 11.0 Å². The number of nitrogens with zero attached hydrogens (tertiary/aromatic N) is 5. The van der Waals surface area contributed by atoms with Crippen LogP contribution in [0.15, 0.2) is 102 Å². The summed E-state index contributed by atoms with van der Waals surface area (Å²) in [5.74, 6) is 1.92. The number of amides is 1. The molecular formula is C34H32FN5O2S. The first-order valence-corrected chi connectivity index (χ1v) is 15.2. The van der Waals surface area contributed by atoms with Gasteiger partial charge < -0.3 is 14.5 Å². The topological polar surface area (TPSA) is 63.5 Å². The zero-order valence-electron chi connectivity index (χ0n) is 24.1. The number of halogens is 1. The van der Waals surface area contributed by atoms with Gasteiger partial charge in [-0.05, 0) is 61.0 Å². The molecule has 1 fully saturated rings. The molecule has 43 heavy (non-hydrogen) atoms. The van der Waals surface area contributed by atoms with E-state index in [1.165, 1.54) is 11.6 Å². The zero-order chi connectivity index (χ0) is 29.8. The summed E-state index contributed by atoms with van der Waals surface area (Å²) in [5, 5.41) is 9.88. The molecule has 1 saturated heterocycles. The lowest BCUT2D eigenvalue weighted by Gasteiger charge is -2.36. The Morgan fingerprint density at radius 2 is 1.63 bits per heavy atom. The van der Waals surface area contributed by atoms with Crippen LogP contribution < -0.4 is 9.64 Å². The average Bonchev–Trinajstić information content (AvgIpc) is 3.48. The van der Waals surface area contributed by atoms with Crippen molar-refractivity contribution < 1.29 is 13.9 Å². The van der Waals surface area contributed by atoms with Gasteiger partial charge in [-0.3, -0.25) is 9.36 Å². The molecule has 0 bridgehead atoms. The number of hydrogen-bond acceptors (Lipinski definition) is 6. The van der Waals surface area contributed by atoms with Crippen LogP contribution in [0.1, 0.15) is 21.5 Å². The van der Waals surface area contributed by atoms with Gasteiger partial charge in [0.25, 0.3) is 5.91 Å². The van der Waals surface area contributed by atoms with E-state index in [1.807, 2.05) is 64.4 Å². The Labute approximate surface area is 254 Å². The minimum absolute atomic E-state index is 0.00516. The van der Waals surface area contributed by atoms with Crippen LogP contribution >= 0.6 is 11.8 Å². The quantitative estimate of drug-likeness (QED) is 0.188. The van der Waals surface area contributed by atoms with E-state index in [0.29, 0.717) is 43.2 Å². The third kappa shape index (κ3) is 6.27. The number of piperazine rings is 1. The lowest BCUT2D eigenvalue weighted by molar-refractivity contribution is 0.0746. The van der Waals surface area contributed by atoms with E-state index in [0.717, 1.165) is 33.5 Å². The zero-order valence-corrected chi connectivity index (χ0v) is 24.9. The van der Waals surface area contributed by atoms with Gasteiger partial charge in [-0.25, -0.2) is 4.39 Å². The van der Waals surface area contributed by atoms with Gasteiger partial charge in [0.2, 0.25) is 0 Å². The Hall–Kier alpha value is -4.63. The van der Waals surface area contributed by atoms with E-state index in [1.54, 1.807) is 31.0 Å². The highest BCUT2D eigenvalue weighted by Gasteiger charge is 2.24. The first-order chi connectivity index (χ1) is 21.0. The fraction of sp³-hybridized carbons (Fsp3) is 0.206. The Morgan fingerprint density at radius 3 is 2.35 bits per heavy atom. The van der Waals surface area contributed by atoms with Crippen molar-refractivity contribution in [1.82, 2.24) is 19.7 Å². The molecule has 0 unspecified atom stereocenters. The van der Waals surface area contributed by atoms with Crippen molar-refractivity contribution in [3.63, 3.8) is 0 Å². The molecule has 0 N–H and O–H groups in total. The number of aromatic nitrogens is 3. The van der Waals surface area contributed by atoms with Crippen molar-refractivity contribution in [2.75, 3.05) is 38.2 Å². The number of hydrogen-bond donors (Lipinski definition) is 0. The van der Waals surface area contributed by atoms with E-state index in [4.69, 9.17) is 4.74 Å². The molecule has 6 rings (SSSR count). The average molecular weight is 594 g/mol. The molecule has 4 aromatic carbocycles. The van der Waals surface area contributed by atoms with Crippen molar-refractivity contribution in [1.29, 1.82) is 0 Å². The second-order valence-electron chi connectivity index (χ2n) is 10.4. The second kappa shape index (κ2) is 12.7. The molecule has 0 radical (unpaired) electrons. The van der Waals surface area contributed by atoms with E-state index in [2.05, 4.69) is 46.0 Å². The van der Waals surface area contributed by atoms with Crippen LogP contribution in [0.5, 0.6) is 5.75 Å². The van der Waals surface area contributed by atoms with Gasteiger partial charge in [0.05, 0.1) is 12.8 Å². The lowest BCUT2D eigenvalue weighted by Crippen LogP contribution is -2.49. The number of methoxy groups -OCH3 is 1. The molecule has 0 saturated carbocycles. The Kier molecular flexibility index (Phi) is 8.42. The van der Waals surface area contributed by atoms with Gasteiger partial charge in [0.1, 0.15) is 11.6 Å². The number of aryl methyl sites for hydroxylation is 1. The summed E-state index contributed by atoms with van der Waals surface area (Å²) in [7, 11) is 1.65. The number of anilines is 1. The molecule has 218 valence electrons. The molecule has 2 heterocycles. The van der Waals surface area contributed by atoms with Gasteiger partial charge in [0, 0.05) is 48.7 Å². The molecule has 1 aliphatic heterocycles. The Bertz CT molecular complexity index is 1710. The normalized spacial score (nSPS) is 13.3. The van der Waals surface area contributed by atoms with Crippen LogP contribution in [-0.4, -0.2) is 58.9 Å². The van der Waals surface area contributed by atoms with Crippen LogP contribution in [0.25, 0.3) is 17.1 Å².